The van der Waals surface area contributed by atoms with Crippen LogP contribution in [0.1, 0.15) is 28.9 Å². The third kappa shape index (κ3) is 3.57. The molecule has 1 atom stereocenters. The third-order valence-corrected chi connectivity index (χ3v) is 4.08. The Morgan fingerprint density at radius 2 is 1.58 bits per heavy atom. The number of fused-ring (bicyclic) bond motifs is 1. The van der Waals surface area contributed by atoms with E-state index in [0.29, 0.717) is 18.3 Å². The second-order valence-corrected chi connectivity index (χ2v) is 6.23. The number of nitrogens with zero attached hydrogens (tertiary/aromatic N) is 3. The number of aryl methyl sites for hydroxylation is 2. The second kappa shape index (κ2) is 6.96. The van der Waals surface area contributed by atoms with E-state index in [-0.39, 0.29) is 6.10 Å². The molecular weight excluding hydrogens is 326 g/mol. The van der Waals surface area contributed by atoms with Crippen LogP contribution in [0.2, 0.25) is 0 Å². The average molecular weight is 345 g/mol. The minimum Gasteiger partial charge on any atom is -0.455 e. The van der Waals surface area contributed by atoms with Gasteiger partial charge in [0.05, 0.1) is 6.42 Å². The van der Waals surface area contributed by atoms with Crippen LogP contribution in [0, 0.1) is 13.8 Å². The first kappa shape index (κ1) is 16.3. The van der Waals surface area contributed by atoms with Crippen molar-refractivity contribution in [3.63, 3.8) is 0 Å². The van der Waals surface area contributed by atoms with Crippen molar-refractivity contribution in [1.29, 1.82) is 0 Å². The Bertz CT molecular complexity index is 975. The van der Waals surface area contributed by atoms with Gasteiger partial charge in [-0.15, -0.1) is 0 Å². The van der Waals surface area contributed by atoms with Crippen molar-refractivity contribution in [2.45, 2.75) is 26.4 Å². The van der Waals surface area contributed by atoms with E-state index in [2.05, 4.69) is 15.0 Å². The van der Waals surface area contributed by atoms with Crippen LogP contribution in [0.3, 0.4) is 0 Å². The highest BCUT2D eigenvalue weighted by Gasteiger charge is 2.19. The van der Waals surface area contributed by atoms with Gasteiger partial charge in [0.25, 0.3) is 0 Å². The number of aromatic nitrogens is 3. The van der Waals surface area contributed by atoms with Gasteiger partial charge in [-0.25, -0.2) is 15.0 Å². The number of oxazole rings is 1. The summed E-state index contributed by atoms with van der Waals surface area (Å²) in [6.45, 7) is 3.86. The number of ether oxygens (including phenoxy) is 1. The number of hydrogen-bond donors (Lipinski definition) is 0. The summed E-state index contributed by atoms with van der Waals surface area (Å²) in [5.41, 5.74) is 4.40. The Labute approximate surface area is 151 Å². The van der Waals surface area contributed by atoms with Crippen LogP contribution in [0.5, 0.6) is 6.01 Å². The molecule has 0 aliphatic rings. The van der Waals surface area contributed by atoms with Crippen LogP contribution >= 0.6 is 0 Å². The van der Waals surface area contributed by atoms with Crippen molar-refractivity contribution >= 4 is 11.1 Å². The van der Waals surface area contributed by atoms with Crippen LogP contribution in [0.25, 0.3) is 11.1 Å². The predicted molar refractivity (Wildman–Crippen MR) is 99.0 cm³/mol. The van der Waals surface area contributed by atoms with Gasteiger partial charge in [-0.05, 0) is 37.6 Å². The molecule has 0 amide bonds. The Hall–Kier alpha value is -3.21. The lowest BCUT2D eigenvalue weighted by atomic mass is 10.1. The molecular formula is C21H19N3O2. The van der Waals surface area contributed by atoms with E-state index in [1.165, 1.54) is 0 Å². The van der Waals surface area contributed by atoms with Gasteiger partial charge < -0.3 is 9.15 Å². The minimum absolute atomic E-state index is 0.287. The van der Waals surface area contributed by atoms with Crippen molar-refractivity contribution in [3.05, 3.63) is 83.5 Å². The molecule has 0 spiro atoms. The smallest absolute Gasteiger partial charge is 0.317 e. The minimum atomic E-state index is -0.287. The molecule has 2 aromatic heterocycles. The zero-order valence-corrected chi connectivity index (χ0v) is 14.7. The first-order chi connectivity index (χ1) is 12.7. The van der Waals surface area contributed by atoms with Gasteiger partial charge in [-0.2, -0.15) is 0 Å². The summed E-state index contributed by atoms with van der Waals surface area (Å²) in [7, 11) is 0. The predicted octanol–water partition coefficient (Wildman–Crippen LogP) is 4.60. The van der Waals surface area contributed by atoms with Crippen molar-refractivity contribution < 1.29 is 9.15 Å². The molecule has 4 aromatic rings. The van der Waals surface area contributed by atoms with Gasteiger partial charge in [0, 0.05) is 11.4 Å². The molecule has 0 aliphatic heterocycles. The summed E-state index contributed by atoms with van der Waals surface area (Å²) in [5, 5.41) is 0. The van der Waals surface area contributed by atoms with E-state index >= 15 is 0 Å². The first-order valence-corrected chi connectivity index (χ1v) is 8.56. The second-order valence-electron chi connectivity index (χ2n) is 6.23. The van der Waals surface area contributed by atoms with Crippen molar-refractivity contribution in [2.75, 3.05) is 0 Å². The molecule has 5 nitrogen and oxygen atoms in total. The molecule has 1 unspecified atom stereocenters. The van der Waals surface area contributed by atoms with Crippen molar-refractivity contribution in [3.8, 4) is 6.01 Å². The maximum absolute atomic E-state index is 6.14. The Morgan fingerprint density at radius 1 is 0.885 bits per heavy atom. The molecule has 5 heteroatoms. The fourth-order valence-corrected chi connectivity index (χ4v) is 2.93. The van der Waals surface area contributed by atoms with Crippen LogP contribution in [0.15, 0.2) is 65.1 Å². The molecule has 26 heavy (non-hydrogen) atoms. The lowest BCUT2D eigenvalue weighted by Crippen LogP contribution is -2.13. The third-order valence-electron chi connectivity index (χ3n) is 4.08. The highest BCUT2D eigenvalue weighted by molar-refractivity contribution is 5.72. The fraction of sp³-hybridized carbons (Fsp3) is 0.190. The van der Waals surface area contributed by atoms with Crippen molar-refractivity contribution in [1.82, 2.24) is 15.0 Å². The largest absolute Gasteiger partial charge is 0.455 e. The van der Waals surface area contributed by atoms with Gasteiger partial charge in [0.15, 0.2) is 11.5 Å². The molecule has 0 fully saturated rings. The molecule has 130 valence electrons. The normalized spacial score (nSPS) is 12.2. The standard InChI is InChI=1S/C21H19N3O2/c1-14-12-15(2)23-21(22-14)26-19(16-8-4-3-5-9-16)13-20-24-17-10-6-7-11-18(17)25-20/h3-12,19H,13H2,1-2H3. The summed E-state index contributed by atoms with van der Waals surface area (Å²) in [5.74, 6) is 0.629. The maximum atomic E-state index is 6.14. The zero-order valence-electron chi connectivity index (χ0n) is 14.7. The van der Waals surface area contributed by atoms with E-state index < -0.39 is 0 Å². The van der Waals surface area contributed by atoms with Crippen molar-refractivity contribution in [2.24, 2.45) is 0 Å². The van der Waals surface area contributed by atoms with E-state index in [1.807, 2.05) is 74.5 Å². The van der Waals surface area contributed by atoms with Crippen LogP contribution in [0.4, 0.5) is 0 Å². The van der Waals surface area contributed by atoms with Crippen LogP contribution < -0.4 is 4.74 Å². The summed E-state index contributed by atoms with van der Waals surface area (Å²) < 4.78 is 12.0. The first-order valence-electron chi connectivity index (χ1n) is 8.56. The summed E-state index contributed by atoms with van der Waals surface area (Å²) in [6.07, 6.45) is 0.208. The SMILES string of the molecule is Cc1cc(C)nc(OC(Cc2nc3ccccc3o2)c2ccccc2)n1. The van der Waals surface area contributed by atoms with Gasteiger partial charge in [-0.1, -0.05) is 42.5 Å². The lowest BCUT2D eigenvalue weighted by molar-refractivity contribution is 0.178. The molecule has 0 N–H and O–H groups in total. The molecule has 2 heterocycles. The quantitative estimate of drug-likeness (QED) is 0.529. The Morgan fingerprint density at radius 3 is 2.31 bits per heavy atom. The average Bonchev–Trinajstić information content (AvgIpc) is 3.03. The molecule has 0 radical (unpaired) electrons. The Balaban J connectivity index is 1.66. The van der Waals surface area contributed by atoms with E-state index in [9.17, 15) is 0 Å². The van der Waals surface area contributed by atoms with E-state index in [0.717, 1.165) is 28.1 Å². The zero-order chi connectivity index (χ0) is 17.9. The Kier molecular flexibility index (Phi) is 4.35. The van der Waals surface area contributed by atoms with E-state index in [1.54, 1.807) is 0 Å². The topological polar surface area (TPSA) is 61.0 Å². The molecule has 0 saturated heterocycles. The summed E-state index contributed by atoms with van der Waals surface area (Å²) in [4.78, 5) is 13.4. The fourth-order valence-electron chi connectivity index (χ4n) is 2.93. The monoisotopic (exact) mass is 345 g/mol. The van der Waals surface area contributed by atoms with Gasteiger partial charge in [-0.3, -0.25) is 0 Å². The van der Waals surface area contributed by atoms with Crippen LogP contribution in [-0.4, -0.2) is 15.0 Å². The summed E-state index contributed by atoms with van der Waals surface area (Å²) >= 11 is 0. The maximum Gasteiger partial charge on any atom is 0.317 e. The molecule has 0 aliphatic carbocycles. The summed E-state index contributed by atoms with van der Waals surface area (Å²) in [6, 6.07) is 20.0. The van der Waals surface area contributed by atoms with E-state index in [4.69, 9.17) is 9.15 Å². The number of rotatable bonds is 5. The molecule has 2 aromatic carbocycles. The molecule has 4 rings (SSSR count). The van der Waals surface area contributed by atoms with Gasteiger partial charge in [0.2, 0.25) is 0 Å². The van der Waals surface area contributed by atoms with Gasteiger partial charge in [0.1, 0.15) is 11.6 Å². The van der Waals surface area contributed by atoms with Crippen LogP contribution in [-0.2, 0) is 6.42 Å². The lowest BCUT2D eigenvalue weighted by Gasteiger charge is -2.17. The number of benzene rings is 2. The highest BCUT2D eigenvalue weighted by atomic mass is 16.5. The van der Waals surface area contributed by atoms with Gasteiger partial charge >= 0.3 is 6.01 Å². The number of hydrogen-bond acceptors (Lipinski definition) is 5. The molecule has 0 saturated carbocycles. The highest BCUT2D eigenvalue weighted by Crippen LogP contribution is 2.25. The molecule has 0 bridgehead atoms. The number of para-hydroxylation sites is 2.